The molecule has 2 aromatic heterocycles. The number of ether oxygens (including phenoxy) is 2. The molecule has 7 rings (SSSR count). The second-order valence-corrected chi connectivity index (χ2v) is 12.2. The summed E-state index contributed by atoms with van der Waals surface area (Å²) in [5.74, 6) is 3.79. The summed E-state index contributed by atoms with van der Waals surface area (Å²) >= 11 is 1.93. The fourth-order valence-corrected chi connectivity index (χ4v) is 7.42. The average molecular weight is 520 g/mol. The first-order chi connectivity index (χ1) is 18.1. The van der Waals surface area contributed by atoms with Crippen LogP contribution in [0.2, 0.25) is 0 Å². The van der Waals surface area contributed by atoms with E-state index in [9.17, 15) is 4.79 Å². The Labute approximate surface area is 220 Å². The number of hydrogen-bond acceptors (Lipinski definition) is 7. The minimum atomic E-state index is -0.111. The van der Waals surface area contributed by atoms with Crippen molar-refractivity contribution < 1.29 is 14.3 Å². The van der Waals surface area contributed by atoms with Gasteiger partial charge in [0.1, 0.15) is 35.7 Å². The largest absolute Gasteiger partial charge is 0.491 e. The summed E-state index contributed by atoms with van der Waals surface area (Å²) in [5.41, 5.74) is 9.12. The fourth-order valence-electron chi connectivity index (χ4n) is 6.52. The van der Waals surface area contributed by atoms with E-state index in [2.05, 4.69) is 32.9 Å². The van der Waals surface area contributed by atoms with Crippen LogP contribution in [0.1, 0.15) is 44.6 Å². The van der Waals surface area contributed by atoms with Crippen LogP contribution in [0.15, 0.2) is 36.8 Å². The zero-order valence-electron chi connectivity index (χ0n) is 21.0. The number of nitrogens with zero attached hydrogens (tertiary/aromatic N) is 4. The molecule has 37 heavy (non-hydrogen) atoms. The summed E-state index contributed by atoms with van der Waals surface area (Å²) in [5, 5.41) is 0.860. The van der Waals surface area contributed by atoms with Crippen LogP contribution in [-0.2, 0) is 9.53 Å². The predicted octanol–water partition coefficient (Wildman–Crippen LogP) is 4.30. The molecule has 1 amide bonds. The topological polar surface area (TPSA) is 95.5 Å². The van der Waals surface area contributed by atoms with Crippen LogP contribution in [0.5, 0.6) is 5.75 Å². The minimum Gasteiger partial charge on any atom is -0.491 e. The van der Waals surface area contributed by atoms with Crippen molar-refractivity contribution in [3.8, 4) is 16.9 Å². The molecule has 4 fully saturated rings. The number of fused-ring (bicyclic) bond motifs is 3. The first-order valence-electron chi connectivity index (χ1n) is 13.5. The maximum atomic E-state index is 13.0. The molecule has 3 saturated heterocycles. The van der Waals surface area contributed by atoms with Crippen LogP contribution in [0.3, 0.4) is 0 Å². The normalized spacial score (nSPS) is 29.0. The molecule has 3 aromatic rings. The highest BCUT2D eigenvalue weighted by Crippen LogP contribution is 2.45. The number of rotatable bonds is 6. The van der Waals surface area contributed by atoms with Crippen molar-refractivity contribution >= 4 is 34.5 Å². The Morgan fingerprint density at radius 2 is 2.00 bits per heavy atom. The Morgan fingerprint density at radius 1 is 1.19 bits per heavy atom. The summed E-state index contributed by atoms with van der Waals surface area (Å²) in [6, 6.07) is 8.41. The van der Waals surface area contributed by atoms with E-state index >= 15 is 0 Å². The smallest absolute Gasteiger partial charge is 0.225 e. The Morgan fingerprint density at radius 3 is 2.76 bits per heavy atom. The lowest BCUT2D eigenvalue weighted by Crippen LogP contribution is -2.45. The molecule has 5 heterocycles. The molecule has 1 saturated carbocycles. The number of carbonyl (C=O) groups is 1. The summed E-state index contributed by atoms with van der Waals surface area (Å²) in [6.07, 6.45) is 10.2. The third-order valence-corrected chi connectivity index (χ3v) is 9.67. The van der Waals surface area contributed by atoms with Crippen molar-refractivity contribution in [1.82, 2.24) is 19.4 Å². The van der Waals surface area contributed by atoms with E-state index in [1.165, 1.54) is 6.33 Å². The standard InChI is InChI=1S/C28H33N5O3S/c29-25-24-23(18-2-1-3-22(14-18)35-16-28-6-4-21(36-28)5-7-28)15-33(26(24)31-17-30-25)20-12-19(13-20)27(34)32-8-10-37-11-9-32/h1-3,14-15,17,19-21H,4-13,16H2,(H2,29,30,31)/t19?,20?,21-,28+. The van der Waals surface area contributed by atoms with Crippen molar-refractivity contribution in [2.24, 2.45) is 5.92 Å². The van der Waals surface area contributed by atoms with Crippen LogP contribution in [0, 0.1) is 5.92 Å². The molecule has 0 radical (unpaired) electrons. The van der Waals surface area contributed by atoms with Gasteiger partial charge in [0.2, 0.25) is 5.91 Å². The van der Waals surface area contributed by atoms with Crippen LogP contribution in [0.4, 0.5) is 5.82 Å². The van der Waals surface area contributed by atoms with Gasteiger partial charge in [-0.3, -0.25) is 4.79 Å². The number of thioether (sulfide) groups is 1. The highest BCUT2D eigenvalue weighted by Gasteiger charge is 2.46. The van der Waals surface area contributed by atoms with Crippen molar-refractivity contribution in [3.63, 3.8) is 0 Å². The minimum absolute atomic E-state index is 0.0947. The second-order valence-electron chi connectivity index (χ2n) is 11.0. The van der Waals surface area contributed by atoms with E-state index in [1.54, 1.807) is 0 Å². The van der Waals surface area contributed by atoms with E-state index in [0.717, 1.165) is 91.0 Å². The van der Waals surface area contributed by atoms with Crippen LogP contribution < -0.4 is 10.5 Å². The molecule has 0 unspecified atom stereocenters. The van der Waals surface area contributed by atoms with E-state index in [4.69, 9.17) is 15.2 Å². The Balaban J connectivity index is 1.13. The number of anilines is 1. The summed E-state index contributed by atoms with van der Waals surface area (Å²) in [7, 11) is 0. The summed E-state index contributed by atoms with van der Waals surface area (Å²) < 4.78 is 14.7. The number of aromatic nitrogens is 3. The zero-order chi connectivity index (χ0) is 25.0. The molecule has 194 valence electrons. The lowest BCUT2D eigenvalue weighted by Gasteiger charge is -2.39. The molecule has 0 spiro atoms. The van der Waals surface area contributed by atoms with Crippen LogP contribution in [0.25, 0.3) is 22.2 Å². The number of nitrogens with two attached hydrogens (primary N) is 1. The number of carbonyl (C=O) groups excluding carboxylic acids is 1. The van der Waals surface area contributed by atoms with Crippen molar-refractivity contribution in [1.29, 1.82) is 0 Å². The van der Waals surface area contributed by atoms with Gasteiger partial charge in [0.25, 0.3) is 0 Å². The molecule has 1 aliphatic carbocycles. The molecule has 8 nitrogen and oxygen atoms in total. The van der Waals surface area contributed by atoms with Crippen molar-refractivity contribution in [2.45, 2.75) is 56.3 Å². The Kier molecular flexibility index (Phi) is 5.81. The van der Waals surface area contributed by atoms with E-state index in [1.807, 2.05) is 28.8 Å². The van der Waals surface area contributed by atoms with Gasteiger partial charge in [0.15, 0.2) is 0 Å². The molecule has 2 N–H and O–H groups in total. The quantitative estimate of drug-likeness (QED) is 0.519. The van der Waals surface area contributed by atoms with Gasteiger partial charge >= 0.3 is 0 Å². The lowest BCUT2D eigenvalue weighted by atomic mass is 9.79. The molecule has 9 heteroatoms. The highest BCUT2D eigenvalue weighted by atomic mass is 32.2. The monoisotopic (exact) mass is 519 g/mol. The van der Waals surface area contributed by atoms with Gasteiger partial charge in [-0.25, -0.2) is 9.97 Å². The highest BCUT2D eigenvalue weighted by molar-refractivity contribution is 7.99. The maximum Gasteiger partial charge on any atom is 0.225 e. The van der Waals surface area contributed by atoms with Crippen LogP contribution in [-0.4, -0.2) is 68.2 Å². The zero-order valence-corrected chi connectivity index (χ0v) is 21.8. The van der Waals surface area contributed by atoms with E-state index in [-0.39, 0.29) is 17.6 Å². The maximum absolute atomic E-state index is 13.0. The Hall–Kier alpha value is -2.78. The summed E-state index contributed by atoms with van der Waals surface area (Å²) in [6.45, 7) is 2.34. The molecule has 1 aromatic carbocycles. The van der Waals surface area contributed by atoms with Gasteiger partial charge in [-0.2, -0.15) is 11.8 Å². The molecule has 0 atom stereocenters. The second kappa shape index (κ2) is 9.20. The third-order valence-electron chi connectivity index (χ3n) is 8.72. The number of amides is 1. The molecule has 2 bridgehead atoms. The first-order valence-corrected chi connectivity index (χ1v) is 14.6. The van der Waals surface area contributed by atoms with E-state index in [0.29, 0.717) is 24.4 Å². The molecule has 3 aliphatic heterocycles. The summed E-state index contributed by atoms with van der Waals surface area (Å²) in [4.78, 5) is 23.9. The van der Waals surface area contributed by atoms with Crippen molar-refractivity contribution in [2.75, 3.05) is 36.9 Å². The third kappa shape index (κ3) is 4.16. The SMILES string of the molecule is Nc1ncnc2c1c(-c1cccc(OC[C@]34CC[C@H](CC3)O4)c1)cn2C1CC(C(=O)N2CCSCC2)C1. The Bertz CT molecular complexity index is 1320. The number of benzene rings is 1. The van der Waals surface area contributed by atoms with Gasteiger partial charge in [-0.05, 0) is 56.2 Å². The fraction of sp³-hybridized carbons (Fsp3) is 0.536. The predicted molar refractivity (Wildman–Crippen MR) is 145 cm³/mol. The van der Waals surface area contributed by atoms with Gasteiger partial charge in [0, 0.05) is 48.3 Å². The number of nitrogen functional groups attached to an aromatic ring is 1. The van der Waals surface area contributed by atoms with Gasteiger partial charge in [-0.15, -0.1) is 0 Å². The number of hydrogen-bond donors (Lipinski definition) is 1. The van der Waals surface area contributed by atoms with Gasteiger partial charge in [-0.1, -0.05) is 12.1 Å². The van der Waals surface area contributed by atoms with E-state index < -0.39 is 0 Å². The average Bonchev–Trinajstić information content (AvgIpc) is 3.62. The van der Waals surface area contributed by atoms with Gasteiger partial charge < -0.3 is 24.7 Å². The van der Waals surface area contributed by atoms with Gasteiger partial charge in [0.05, 0.1) is 11.5 Å². The molecular formula is C28H33N5O3S. The molecule has 4 aliphatic rings. The first kappa shape index (κ1) is 23.3. The van der Waals surface area contributed by atoms with Crippen molar-refractivity contribution in [3.05, 3.63) is 36.8 Å². The lowest BCUT2D eigenvalue weighted by molar-refractivity contribution is -0.139. The van der Waals surface area contributed by atoms with Crippen LogP contribution >= 0.6 is 11.8 Å². The molecular weight excluding hydrogens is 486 g/mol.